The van der Waals surface area contributed by atoms with Gasteiger partial charge in [-0.2, -0.15) is 5.10 Å². The summed E-state index contributed by atoms with van der Waals surface area (Å²) >= 11 is 3.32. The molecule has 19 heavy (non-hydrogen) atoms. The molecule has 1 aromatic heterocycles. The number of aromatic nitrogens is 2. The Bertz CT molecular complexity index is 597. The number of benzene rings is 1. The molecule has 2 rings (SSSR count). The van der Waals surface area contributed by atoms with Gasteiger partial charge in [-0.25, -0.2) is 0 Å². The lowest BCUT2D eigenvalue weighted by molar-refractivity contribution is -0.385. The molecule has 0 amide bonds. The van der Waals surface area contributed by atoms with Gasteiger partial charge in [0, 0.05) is 42.4 Å². The van der Waals surface area contributed by atoms with Crippen LogP contribution in [0.25, 0.3) is 0 Å². The monoisotopic (exact) mass is 324 g/mol. The van der Waals surface area contributed by atoms with Crippen molar-refractivity contribution in [3.63, 3.8) is 0 Å². The van der Waals surface area contributed by atoms with Crippen LogP contribution < -0.4 is 5.32 Å². The smallest absolute Gasteiger partial charge is 0.273 e. The Morgan fingerprint density at radius 1 is 1.42 bits per heavy atom. The molecule has 0 atom stereocenters. The predicted octanol–water partition coefficient (Wildman–Crippen LogP) is 2.38. The van der Waals surface area contributed by atoms with Crippen LogP contribution in [-0.4, -0.2) is 14.7 Å². The number of nitro benzene ring substituents is 1. The average Bonchev–Trinajstić information content (AvgIpc) is 2.75. The molecular formula is C12H13BrN4O2. The van der Waals surface area contributed by atoms with E-state index in [0.717, 1.165) is 10.2 Å². The van der Waals surface area contributed by atoms with E-state index in [1.807, 2.05) is 13.1 Å². The number of nitro groups is 1. The van der Waals surface area contributed by atoms with E-state index in [-0.39, 0.29) is 10.6 Å². The van der Waals surface area contributed by atoms with Gasteiger partial charge in [0.15, 0.2) is 0 Å². The van der Waals surface area contributed by atoms with E-state index in [4.69, 9.17) is 0 Å². The van der Waals surface area contributed by atoms with Crippen LogP contribution in [0.5, 0.6) is 0 Å². The molecule has 0 aliphatic heterocycles. The highest BCUT2D eigenvalue weighted by molar-refractivity contribution is 9.10. The molecule has 0 bridgehead atoms. The van der Waals surface area contributed by atoms with Crippen LogP contribution in [0.4, 0.5) is 5.69 Å². The maximum absolute atomic E-state index is 10.9. The van der Waals surface area contributed by atoms with Crippen molar-refractivity contribution in [2.45, 2.75) is 13.1 Å². The molecule has 1 N–H and O–H groups in total. The second-order valence-corrected chi connectivity index (χ2v) is 5.00. The predicted molar refractivity (Wildman–Crippen MR) is 74.5 cm³/mol. The third kappa shape index (κ3) is 3.39. The number of nitrogens with zero attached hydrogens (tertiary/aromatic N) is 3. The van der Waals surface area contributed by atoms with Crippen LogP contribution in [0.3, 0.4) is 0 Å². The number of halogens is 1. The van der Waals surface area contributed by atoms with Gasteiger partial charge in [-0.3, -0.25) is 14.8 Å². The van der Waals surface area contributed by atoms with Gasteiger partial charge in [-0.05, 0) is 18.2 Å². The molecular weight excluding hydrogens is 312 g/mol. The minimum atomic E-state index is -0.368. The third-order valence-electron chi connectivity index (χ3n) is 2.78. The lowest BCUT2D eigenvalue weighted by atomic mass is 10.2. The van der Waals surface area contributed by atoms with E-state index in [1.54, 1.807) is 23.0 Å². The van der Waals surface area contributed by atoms with E-state index in [2.05, 4.69) is 26.3 Å². The van der Waals surface area contributed by atoms with E-state index in [0.29, 0.717) is 18.7 Å². The standard InChI is InChI=1S/C12H13BrN4O2/c1-16-11(4-5-15-16)8-14-7-9-6-10(13)2-3-12(9)17(18)19/h2-6,14H,7-8H2,1H3. The molecule has 0 spiro atoms. The molecule has 1 heterocycles. The van der Waals surface area contributed by atoms with Gasteiger partial charge in [-0.1, -0.05) is 15.9 Å². The SMILES string of the molecule is Cn1nccc1CNCc1cc(Br)ccc1[N+](=O)[O-]. The molecule has 0 unspecified atom stereocenters. The minimum Gasteiger partial charge on any atom is -0.307 e. The number of hydrogen-bond acceptors (Lipinski definition) is 4. The first kappa shape index (κ1) is 13.7. The van der Waals surface area contributed by atoms with Gasteiger partial charge in [0.05, 0.1) is 10.6 Å². The Hall–Kier alpha value is -1.73. The van der Waals surface area contributed by atoms with Crippen molar-refractivity contribution >= 4 is 21.6 Å². The van der Waals surface area contributed by atoms with Crippen molar-refractivity contribution < 1.29 is 4.92 Å². The molecule has 0 saturated heterocycles. The summed E-state index contributed by atoms with van der Waals surface area (Å²) in [6.45, 7) is 1.04. The molecule has 2 aromatic rings. The third-order valence-corrected chi connectivity index (χ3v) is 3.28. The fourth-order valence-corrected chi connectivity index (χ4v) is 2.18. The largest absolute Gasteiger partial charge is 0.307 e. The first-order valence-corrected chi connectivity index (χ1v) is 6.47. The second-order valence-electron chi connectivity index (χ2n) is 4.08. The zero-order valence-corrected chi connectivity index (χ0v) is 11.9. The molecule has 0 aliphatic carbocycles. The summed E-state index contributed by atoms with van der Waals surface area (Å²) in [7, 11) is 1.86. The molecule has 6 nitrogen and oxygen atoms in total. The summed E-state index contributed by atoms with van der Waals surface area (Å²) in [5.41, 5.74) is 1.81. The molecule has 100 valence electrons. The number of nitrogens with one attached hydrogen (secondary N) is 1. The van der Waals surface area contributed by atoms with Crippen molar-refractivity contribution in [3.8, 4) is 0 Å². The number of rotatable bonds is 5. The van der Waals surface area contributed by atoms with E-state index in [9.17, 15) is 10.1 Å². The highest BCUT2D eigenvalue weighted by atomic mass is 79.9. The maximum atomic E-state index is 10.9. The fourth-order valence-electron chi connectivity index (χ4n) is 1.77. The van der Waals surface area contributed by atoms with Crippen molar-refractivity contribution in [2.24, 2.45) is 7.05 Å². The van der Waals surface area contributed by atoms with Crippen molar-refractivity contribution in [2.75, 3.05) is 0 Å². The topological polar surface area (TPSA) is 73.0 Å². The highest BCUT2D eigenvalue weighted by Crippen LogP contribution is 2.22. The lowest BCUT2D eigenvalue weighted by Gasteiger charge is -2.06. The maximum Gasteiger partial charge on any atom is 0.273 e. The molecule has 1 aromatic carbocycles. The Morgan fingerprint density at radius 3 is 2.84 bits per heavy atom. The first-order chi connectivity index (χ1) is 9.08. The van der Waals surface area contributed by atoms with Gasteiger partial charge < -0.3 is 5.32 Å². The van der Waals surface area contributed by atoms with E-state index in [1.165, 1.54) is 6.07 Å². The first-order valence-electron chi connectivity index (χ1n) is 5.68. The van der Waals surface area contributed by atoms with Crippen LogP contribution in [-0.2, 0) is 20.1 Å². The lowest BCUT2D eigenvalue weighted by Crippen LogP contribution is -2.16. The summed E-state index contributed by atoms with van der Waals surface area (Å²) in [6, 6.07) is 6.84. The summed E-state index contributed by atoms with van der Waals surface area (Å²) in [5, 5.41) is 18.2. The Kier molecular flexibility index (Phi) is 4.28. The van der Waals surface area contributed by atoms with Gasteiger partial charge in [-0.15, -0.1) is 0 Å². The van der Waals surface area contributed by atoms with Gasteiger partial charge >= 0.3 is 0 Å². The summed E-state index contributed by atoms with van der Waals surface area (Å²) in [6.07, 6.45) is 1.72. The van der Waals surface area contributed by atoms with Crippen molar-refractivity contribution in [1.82, 2.24) is 15.1 Å². The number of hydrogen-bond donors (Lipinski definition) is 1. The quantitative estimate of drug-likeness (QED) is 0.677. The van der Waals surface area contributed by atoms with Crippen molar-refractivity contribution in [3.05, 3.63) is 56.3 Å². The Morgan fingerprint density at radius 2 is 2.21 bits per heavy atom. The summed E-state index contributed by atoms with van der Waals surface area (Å²) in [4.78, 5) is 10.6. The van der Waals surface area contributed by atoms with Gasteiger partial charge in [0.25, 0.3) is 5.69 Å². The average molecular weight is 325 g/mol. The summed E-state index contributed by atoms with van der Waals surface area (Å²) in [5.74, 6) is 0. The zero-order valence-electron chi connectivity index (χ0n) is 10.3. The van der Waals surface area contributed by atoms with Crippen molar-refractivity contribution in [1.29, 1.82) is 0 Å². The van der Waals surface area contributed by atoms with Crippen LogP contribution in [0.15, 0.2) is 34.9 Å². The van der Waals surface area contributed by atoms with Crippen LogP contribution in [0.1, 0.15) is 11.3 Å². The normalized spacial score (nSPS) is 10.6. The summed E-state index contributed by atoms with van der Waals surface area (Å²) < 4.78 is 2.60. The second kappa shape index (κ2) is 5.94. The highest BCUT2D eigenvalue weighted by Gasteiger charge is 2.13. The molecule has 0 saturated carbocycles. The Balaban J connectivity index is 2.05. The van der Waals surface area contributed by atoms with Crippen LogP contribution in [0.2, 0.25) is 0 Å². The van der Waals surface area contributed by atoms with Crippen LogP contribution >= 0.6 is 15.9 Å². The fraction of sp³-hybridized carbons (Fsp3) is 0.250. The van der Waals surface area contributed by atoms with Gasteiger partial charge in [0.2, 0.25) is 0 Å². The van der Waals surface area contributed by atoms with Gasteiger partial charge in [0.1, 0.15) is 0 Å². The van der Waals surface area contributed by atoms with E-state index >= 15 is 0 Å². The zero-order chi connectivity index (χ0) is 13.8. The molecule has 0 fully saturated rings. The molecule has 0 aliphatic rings. The Labute approximate surface area is 118 Å². The minimum absolute atomic E-state index is 0.126. The van der Waals surface area contributed by atoms with E-state index < -0.39 is 0 Å². The molecule has 7 heteroatoms. The van der Waals surface area contributed by atoms with Crippen LogP contribution in [0, 0.1) is 10.1 Å². The molecule has 0 radical (unpaired) electrons. The number of aryl methyl sites for hydroxylation is 1.